The molecule has 0 aliphatic carbocycles. The number of benzene rings is 1. The number of aromatic nitrogens is 4. The maximum atomic E-state index is 12.4. The van der Waals surface area contributed by atoms with Crippen LogP contribution in [0.25, 0.3) is 22.0 Å². The van der Waals surface area contributed by atoms with E-state index in [0.717, 1.165) is 11.1 Å². The molecule has 10 heteroatoms. The van der Waals surface area contributed by atoms with E-state index in [4.69, 9.17) is 9.47 Å². The number of hydrogen-bond donors (Lipinski definition) is 2. The van der Waals surface area contributed by atoms with E-state index in [2.05, 4.69) is 25.9 Å². The number of nitrogens with one attached hydrogen (secondary N) is 2. The van der Waals surface area contributed by atoms with Crippen molar-refractivity contribution in [3.8, 4) is 11.1 Å². The Kier molecular flexibility index (Phi) is 6.09. The summed E-state index contributed by atoms with van der Waals surface area (Å²) in [6, 6.07) is 5.31. The van der Waals surface area contributed by atoms with Crippen LogP contribution in [0.15, 0.2) is 30.6 Å². The Morgan fingerprint density at radius 3 is 2.39 bits per heavy atom. The fourth-order valence-electron chi connectivity index (χ4n) is 2.81. The van der Waals surface area contributed by atoms with Gasteiger partial charge < -0.3 is 9.47 Å². The fraction of sp³-hybridized carbons (Fsp3) is 0.381. The highest BCUT2D eigenvalue weighted by Crippen LogP contribution is 2.31. The van der Waals surface area contributed by atoms with E-state index in [-0.39, 0.29) is 11.9 Å². The van der Waals surface area contributed by atoms with E-state index in [1.54, 1.807) is 57.6 Å². The molecule has 2 amide bonds. The summed E-state index contributed by atoms with van der Waals surface area (Å²) in [4.78, 5) is 24.3. The highest BCUT2D eigenvalue weighted by atomic mass is 16.6. The van der Waals surface area contributed by atoms with Crippen LogP contribution in [0, 0.1) is 0 Å². The molecule has 0 spiro atoms. The van der Waals surface area contributed by atoms with E-state index in [1.165, 1.54) is 0 Å². The van der Waals surface area contributed by atoms with Crippen LogP contribution in [-0.2, 0) is 16.5 Å². The highest BCUT2D eigenvalue weighted by molar-refractivity contribution is 6.01. The Labute approximate surface area is 179 Å². The van der Waals surface area contributed by atoms with Gasteiger partial charge in [-0.25, -0.2) is 9.59 Å². The lowest BCUT2D eigenvalue weighted by molar-refractivity contribution is 0.0636. The van der Waals surface area contributed by atoms with Crippen molar-refractivity contribution in [3.63, 3.8) is 0 Å². The number of aryl methyl sites for hydroxylation is 1. The van der Waals surface area contributed by atoms with Crippen molar-refractivity contribution in [1.82, 2.24) is 20.0 Å². The standard InChI is InChI=1S/C21H26N6O4/c1-12(2)30-19(28)24-17-9-14-7-13(15-10-22-27(6)11-15)8-16(18(14)26-25-17)23-20(29)31-21(3,4)5/h7-12H,1-6H3,(H,23,29)(H,24,25,28). The van der Waals surface area contributed by atoms with Gasteiger partial charge in [-0.2, -0.15) is 5.10 Å². The summed E-state index contributed by atoms with van der Waals surface area (Å²) in [5.74, 6) is 0.227. The van der Waals surface area contributed by atoms with Gasteiger partial charge in [0.05, 0.1) is 18.0 Å². The number of nitrogens with zero attached hydrogens (tertiary/aromatic N) is 4. The Morgan fingerprint density at radius 1 is 1.03 bits per heavy atom. The Bertz CT molecular complexity index is 1120. The number of fused-ring (bicyclic) bond motifs is 1. The van der Waals surface area contributed by atoms with Crippen LogP contribution in [0.5, 0.6) is 0 Å². The lowest BCUT2D eigenvalue weighted by atomic mass is 10.0. The van der Waals surface area contributed by atoms with Crippen molar-refractivity contribution in [2.45, 2.75) is 46.3 Å². The summed E-state index contributed by atoms with van der Waals surface area (Å²) < 4.78 is 12.1. The van der Waals surface area contributed by atoms with Gasteiger partial charge in [-0.05, 0) is 58.4 Å². The second-order valence-electron chi connectivity index (χ2n) is 8.30. The summed E-state index contributed by atoms with van der Waals surface area (Å²) in [5, 5.41) is 18.4. The molecule has 0 unspecified atom stereocenters. The van der Waals surface area contributed by atoms with Gasteiger partial charge in [0.15, 0.2) is 5.82 Å². The largest absolute Gasteiger partial charge is 0.447 e. The van der Waals surface area contributed by atoms with E-state index in [1.807, 2.05) is 19.3 Å². The third-order valence-corrected chi connectivity index (χ3v) is 3.94. The monoisotopic (exact) mass is 426 g/mol. The Hall–Kier alpha value is -3.69. The molecule has 2 aromatic heterocycles. The molecule has 3 rings (SSSR count). The highest BCUT2D eigenvalue weighted by Gasteiger charge is 2.19. The van der Waals surface area contributed by atoms with Crippen LogP contribution in [0.1, 0.15) is 34.6 Å². The molecule has 3 aromatic rings. The summed E-state index contributed by atoms with van der Waals surface area (Å²) in [7, 11) is 1.82. The Balaban J connectivity index is 2.01. The first-order valence-corrected chi connectivity index (χ1v) is 9.78. The lowest BCUT2D eigenvalue weighted by Crippen LogP contribution is -2.27. The first-order valence-electron chi connectivity index (χ1n) is 9.78. The summed E-state index contributed by atoms with van der Waals surface area (Å²) in [6.45, 7) is 8.85. The molecular weight excluding hydrogens is 400 g/mol. The minimum absolute atomic E-state index is 0.227. The van der Waals surface area contributed by atoms with Crippen LogP contribution in [0.2, 0.25) is 0 Å². The van der Waals surface area contributed by atoms with Crippen LogP contribution in [0.4, 0.5) is 21.1 Å². The quantitative estimate of drug-likeness (QED) is 0.637. The van der Waals surface area contributed by atoms with E-state index in [0.29, 0.717) is 16.6 Å². The molecule has 2 heterocycles. The molecule has 0 saturated heterocycles. The van der Waals surface area contributed by atoms with Gasteiger partial charge in [-0.3, -0.25) is 15.3 Å². The average molecular weight is 426 g/mol. The van der Waals surface area contributed by atoms with E-state index >= 15 is 0 Å². The van der Waals surface area contributed by atoms with Gasteiger partial charge in [0, 0.05) is 24.2 Å². The van der Waals surface area contributed by atoms with Crippen molar-refractivity contribution >= 4 is 34.6 Å². The van der Waals surface area contributed by atoms with E-state index in [9.17, 15) is 9.59 Å². The lowest BCUT2D eigenvalue weighted by Gasteiger charge is -2.20. The number of hydrogen-bond acceptors (Lipinski definition) is 7. The van der Waals surface area contributed by atoms with Crippen molar-refractivity contribution in [2.24, 2.45) is 7.05 Å². The summed E-state index contributed by atoms with van der Waals surface area (Å²) in [6.07, 6.45) is 2.06. The minimum atomic E-state index is -0.652. The van der Waals surface area contributed by atoms with Crippen molar-refractivity contribution in [2.75, 3.05) is 10.6 Å². The number of anilines is 2. The molecule has 0 atom stereocenters. The molecule has 1 aromatic carbocycles. The average Bonchev–Trinajstić information content (AvgIpc) is 3.05. The summed E-state index contributed by atoms with van der Waals surface area (Å²) >= 11 is 0. The molecule has 2 N–H and O–H groups in total. The molecule has 0 radical (unpaired) electrons. The molecular formula is C21H26N6O4. The van der Waals surface area contributed by atoms with Crippen molar-refractivity contribution in [1.29, 1.82) is 0 Å². The van der Waals surface area contributed by atoms with Gasteiger partial charge in [0.25, 0.3) is 0 Å². The van der Waals surface area contributed by atoms with Gasteiger partial charge in [0.1, 0.15) is 11.1 Å². The smallest absolute Gasteiger partial charge is 0.413 e. The molecule has 31 heavy (non-hydrogen) atoms. The zero-order valence-electron chi connectivity index (χ0n) is 18.4. The minimum Gasteiger partial charge on any atom is -0.447 e. The zero-order chi connectivity index (χ0) is 22.8. The third kappa shape index (κ3) is 5.91. The maximum absolute atomic E-state index is 12.4. The van der Waals surface area contributed by atoms with Crippen molar-refractivity contribution in [3.05, 3.63) is 30.6 Å². The maximum Gasteiger partial charge on any atom is 0.413 e. The van der Waals surface area contributed by atoms with Crippen LogP contribution in [0.3, 0.4) is 0 Å². The molecule has 164 valence electrons. The molecule has 0 bridgehead atoms. The number of amides is 2. The number of ether oxygens (including phenoxy) is 2. The third-order valence-electron chi connectivity index (χ3n) is 3.94. The second-order valence-corrected chi connectivity index (χ2v) is 8.30. The predicted molar refractivity (Wildman–Crippen MR) is 117 cm³/mol. The predicted octanol–water partition coefficient (Wildman–Crippen LogP) is 4.33. The zero-order valence-corrected chi connectivity index (χ0v) is 18.4. The molecule has 0 aliphatic rings. The normalized spacial score (nSPS) is 11.5. The molecule has 10 nitrogen and oxygen atoms in total. The van der Waals surface area contributed by atoms with Gasteiger partial charge >= 0.3 is 12.2 Å². The van der Waals surface area contributed by atoms with E-state index < -0.39 is 17.8 Å². The first kappa shape index (κ1) is 22.0. The second kappa shape index (κ2) is 8.58. The SMILES string of the molecule is CC(C)OC(=O)Nc1cc2cc(-c3cnn(C)c3)cc(NC(=O)OC(C)(C)C)c2nn1. The van der Waals surface area contributed by atoms with Crippen LogP contribution < -0.4 is 10.6 Å². The Morgan fingerprint density at radius 2 is 1.77 bits per heavy atom. The molecule has 0 aliphatic heterocycles. The van der Waals surface area contributed by atoms with Crippen LogP contribution >= 0.6 is 0 Å². The van der Waals surface area contributed by atoms with Crippen molar-refractivity contribution < 1.29 is 19.1 Å². The number of carbonyl (C=O) groups excluding carboxylic acids is 2. The fourth-order valence-corrected chi connectivity index (χ4v) is 2.81. The number of carbonyl (C=O) groups is 2. The first-order chi connectivity index (χ1) is 14.5. The van der Waals surface area contributed by atoms with Gasteiger partial charge in [-0.1, -0.05) is 0 Å². The topological polar surface area (TPSA) is 120 Å². The molecule has 0 saturated carbocycles. The van der Waals surface area contributed by atoms with Gasteiger partial charge in [0.2, 0.25) is 0 Å². The van der Waals surface area contributed by atoms with Crippen LogP contribution in [-0.4, -0.2) is 43.9 Å². The molecule has 0 fully saturated rings. The van der Waals surface area contributed by atoms with Gasteiger partial charge in [-0.15, -0.1) is 10.2 Å². The summed E-state index contributed by atoms with van der Waals surface area (Å²) in [5.41, 5.74) is 1.87. The number of rotatable bonds is 4.